The van der Waals surface area contributed by atoms with Crippen molar-refractivity contribution in [3.63, 3.8) is 0 Å². The van der Waals surface area contributed by atoms with Gasteiger partial charge in [0.2, 0.25) is 10.0 Å². The monoisotopic (exact) mass is 415 g/mol. The largest absolute Gasteiger partial charge is 0.395 e. The van der Waals surface area contributed by atoms with Crippen LogP contribution in [0.5, 0.6) is 0 Å². The van der Waals surface area contributed by atoms with Gasteiger partial charge in [-0.2, -0.15) is 0 Å². The number of thiazole rings is 1. The number of H-pyrrole nitrogens is 1. The van der Waals surface area contributed by atoms with Gasteiger partial charge < -0.3 is 15.4 Å². The number of carbonyl (C=O) groups is 1. The molecule has 0 fully saturated rings. The number of imidazole rings is 1. The van der Waals surface area contributed by atoms with E-state index in [2.05, 4.69) is 25.0 Å². The molecule has 0 aliphatic rings. The van der Waals surface area contributed by atoms with Crippen molar-refractivity contribution in [2.75, 3.05) is 17.1 Å². The number of rotatable bonds is 7. The molecule has 0 radical (unpaired) electrons. The van der Waals surface area contributed by atoms with Gasteiger partial charge in [-0.1, -0.05) is 11.6 Å². The number of halogens is 1. The zero-order chi connectivity index (χ0) is 18.7. The smallest absolute Gasteiger partial charge is 0.271 e. The number of aromatic nitrogens is 3. The fraction of sp³-hybridized carbons (Fsp3) is 0.214. The summed E-state index contributed by atoms with van der Waals surface area (Å²) in [6, 6.07) is 5.23. The highest BCUT2D eigenvalue weighted by Crippen LogP contribution is 2.18. The van der Waals surface area contributed by atoms with Crippen molar-refractivity contribution in [2.45, 2.75) is 6.54 Å². The molecule has 1 amide bonds. The highest BCUT2D eigenvalue weighted by molar-refractivity contribution is 7.92. The summed E-state index contributed by atoms with van der Waals surface area (Å²) < 4.78 is 25.3. The molecule has 3 aromatic rings. The van der Waals surface area contributed by atoms with Crippen LogP contribution < -0.4 is 10.0 Å². The van der Waals surface area contributed by atoms with Gasteiger partial charge in [-0.3, -0.25) is 9.52 Å². The molecule has 2 aromatic heterocycles. The average Bonchev–Trinajstić information content (AvgIpc) is 3.18. The van der Waals surface area contributed by atoms with Crippen LogP contribution in [0.3, 0.4) is 0 Å². The summed E-state index contributed by atoms with van der Waals surface area (Å²) >= 11 is 6.89. The van der Waals surface area contributed by atoms with Crippen molar-refractivity contribution in [3.8, 4) is 0 Å². The van der Waals surface area contributed by atoms with E-state index in [9.17, 15) is 13.2 Å². The lowest BCUT2D eigenvalue weighted by Gasteiger charge is -2.02. The van der Waals surface area contributed by atoms with Gasteiger partial charge in [0.1, 0.15) is 11.5 Å². The zero-order valence-corrected chi connectivity index (χ0v) is 15.6. The molecule has 3 rings (SSSR count). The van der Waals surface area contributed by atoms with Crippen LogP contribution >= 0.6 is 22.9 Å². The number of nitrogens with zero attached hydrogens (tertiary/aromatic N) is 2. The molecule has 0 aliphatic carbocycles. The highest BCUT2D eigenvalue weighted by atomic mass is 35.5. The van der Waals surface area contributed by atoms with E-state index in [4.69, 9.17) is 16.7 Å². The molecule has 0 saturated heterocycles. The van der Waals surface area contributed by atoms with Crippen LogP contribution in [0.25, 0.3) is 11.0 Å². The minimum atomic E-state index is -3.68. The summed E-state index contributed by atoms with van der Waals surface area (Å²) in [6.07, 6.45) is 0. The normalized spacial score (nSPS) is 11.6. The van der Waals surface area contributed by atoms with Crippen LogP contribution in [0.2, 0.25) is 5.02 Å². The molecule has 0 spiro atoms. The van der Waals surface area contributed by atoms with Gasteiger partial charge in [0, 0.05) is 10.4 Å². The molecule has 2 heterocycles. The number of hydrogen-bond acceptors (Lipinski definition) is 7. The number of carbonyl (C=O) groups excluding carboxylic acids is 1. The van der Waals surface area contributed by atoms with Crippen LogP contribution in [0.15, 0.2) is 23.6 Å². The third-order valence-corrected chi connectivity index (χ3v) is 5.60. The van der Waals surface area contributed by atoms with Gasteiger partial charge >= 0.3 is 0 Å². The Labute approximate surface area is 157 Å². The van der Waals surface area contributed by atoms with E-state index < -0.39 is 28.3 Å². The van der Waals surface area contributed by atoms with Crippen LogP contribution in [0, 0.1) is 0 Å². The van der Waals surface area contributed by atoms with Crippen LogP contribution in [-0.4, -0.2) is 46.7 Å². The number of amides is 1. The second kappa shape index (κ2) is 7.58. The first-order chi connectivity index (χ1) is 12.4. The molecule has 138 valence electrons. The molecule has 0 saturated carbocycles. The number of aromatic amines is 1. The van der Waals surface area contributed by atoms with Crippen molar-refractivity contribution in [1.29, 1.82) is 0 Å². The van der Waals surface area contributed by atoms with Gasteiger partial charge in [-0.25, -0.2) is 18.4 Å². The SMILES string of the molecule is O=C(NCc1nc2ccc(Cl)cc2[nH]1)c1csc(NS(=O)(=O)CCO)n1. The molecule has 9 nitrogen and oxygen atoms in total. The first-order valence-electron chi connectivity index (χ1n) is 7.35. The summed E-state index contributed by atoms with van der Waals surface area (Å²) in [7, 11) is -3.68. The molecule has 4 N–H and O–H groups in total. The van der Waals surface area contributed by atoms with E-state index in [1.807, 2.05) is 0 Å². The number of aliphatic hydroxyl groups is 1. The molecule has 1 aromatic carbocycles. The summed E-state index contributed by atoms with van der Waals surface area (Å²) in [5.74, 6) is -0.355. The number of benzene rings is 1. The average molecular weight is 416 g/mol. The van der Waals surface area contributed by atoms with Gasteiger partial charge in [0.05, 0.1) is 29.9 Å². The van der Waals surface area contributed by atoms with Crippen molar-refractivity contribution < 1.29 is 18.3 Å². The maximum atomic E-state index is 12.1. The lowest BCUT2D eigenvalue weighted by atomic mass is 10.3. The Kier molecular flexibility index (Phi) is 5.41. The van der Waals surface area contributed by atoms with Gasteiger partial charge in [-0.05, 0) is 18.2 Å². The Morgan fingerprint density at radius 1 is 1.35 bits per heavy atom. The Morgan fingerprint density at radius 2 is 2.15 bits per heavy atom. The molecular weight excluding hydrogens is 402 g/mol. The van der Waals surface area contributed by atoms with E-state index in [0.717, 1.165) is 22.4 Å². The maximum Gasteiger partial charge on any atom is 0.271 e. The van der Waals surface area contributed by atoms with Crippen molar-refractivity contribution in [1.82, 2.24) is 20.3 Å². The number of anilines is 1. The number of fused-ring (bicyclic) bond motifs is 1. The third-order valence-electron chi connectivity index (χ3n) is 3.25. The Morgan fingerprint density at radius 3 is 2.92 bits per heavy atom. The highest BCUT2D eigenvalue weighted by Gasteiger charge is 2.15. The first-order valence-corrected chi connectivity index (χ1v) is 10.3. The van der Waals surface area contributed by atoms with E-state index in [1.165, 1.54) is 5.38 Å². The quantitative estimate of drug-likeness (QED) is 0.459. The van der Waals surface area contributed by atoms with E-state index in [1.54, 1.807) is 18.2 Å². The fourth-order valence-corrected chi connectivity index (χ4v) is 4.04. The molecule has 0 aliphatic heterocycles. The Hall–Kier alpha value is -2.21. The van der Waals surface area contributed by atoms with Crippen molar-refractivity contribution in [3.05, 3.63) is 40.1 Å². The summed E-state index contributed by atoms with van der Waals surface area (Å²) in [4.78, 5) is 23.5. The molecular formula is C14H14ClN5O4S2. The van der Waals surface area contributed by atoms with Crippen molar-refractivity contribution >= 4 is 55.0 Å². The number of hydrogen-bond donors (Lipinski definition) is 4. The van der Waals surface area contributed by atoms with E-state index in [0.29, 0.717) is 10.8 Å². The molecule has 0 bridgehead atoms. The Bertz CT molecular complexity index is 1050. The minimum Gasteiger partial charge on any atom is -0.395 e. The van der Waals surface area contributed by atoms with Crippen molar-refractivity contribution in [2.24, 2.45) is 0 Å². The number of nitrogens with one attached hydrogen (secondary N) is 3. The summed E-state index contributed by atoms with van der Waals surface area (Å²) in [5.41, 5.74) is 1.57. The second-order valence-corrected chi connectivity index (χ2v) is 8.35. The predicted molar refractivity (Wildman–Crippen MR) is 98.9 cm³/mol. The lowest BCUT2D eigenvalue weighted by molar-refractivity contribution is 0.0945. The minimum absolute atomic E-state index is 0.0574. The molecule has 0 atom stereocenters. The van der Waals surface area contributed by atoms with Crippen LogP contribution in [0.1, 0.15) is 16.3 Å². The van der Waals surface area contributed by atoms with Crippen LogP contribution in [0.4, 0.5) is 5.13 Å². The second-order valence-electron chi connectivity index (χ2n) is 5.21. The number of sulfonamides is 1. The predicted octanol–water partition coefficient (Wildman–Crippen LogP) is 1.34. The molecule has 12 heteroatoms. The standard InChI is InChI=1S/C14H14ClN5O4S2/c15-8-1-2-9-10(5-8)18-12(17-9)6-16-13(22)11-7-25-14(19-11)20-26(23,24)4-3-21/h1-2,5,7,21H,3-4,6H2,(H,16,22)(H,17,18)(H,19,20). The van der Waals surface area contributed by atoms with E-state index in [-0.39, 0.29) is 17.4 Å². The van der Waals surface area contributed by atoms with E-state index >= 15 is 0 Å². The number of aliphatic hydroxyl groups excluding tert-OH is 1. The third kappa shape index (κ3) is 4.49. The lowest BCUT2D eigenvalue weighted by Crippen LogP contribution is -2.24. The fourth-order valence-electron chi connectivity index (χ4n) is 2.10. The van der Waals surface area contributed by atoms with Gasteiger partial charge in [-0.15, -0.1) is 11.3 Å². The maximum absolute atomic E-state index is 12.1. The summed E-state index contributed by atoms with van der Waals surface area (Å²) in [5, 5.41) is 13.4. The zero-order valence-electron chi connectivity index (χ0n) is 13.2. The molecule has 26 heavy (non-hydrogen) atoms. The molecule has 0 unspecified atom stereocenters. The van der Waals surface area contributed by atoms with Gasteiger partial charge in [0.25, 0.3) is 5.91 Å². The summed E-state index contributed by atoms with van der Waals surface area (Å²) in [6.45, 7) is -0.356. The van der Waals surface area contributed by atoms with Crippen LogP contribution in [-0.2, 0) is 16.6 Å². The van der Waals surface area contributed by atoms with Gasteiger partial charge in [0.15, 0.2) is 5.13 Å². The first kappa shape index (κ1) is 18.6. The Balaban J connectivity index is 1.63. The topological polar surface area (TPSA) is 137 Å².